The zero-order valence-electron chi connectivity index (χ0n) is 9.35. The molecule has 1 aromatic heterocycles. The molecule has 0 radical (unpaired) electrons. The highest BCUT2D eigenvalue weighted by Crippen LogP contribution is 2.33. The number of benzene rings is 2. The SMILES string of the molecule is C=Cn1c2ccc(N)cc2c2c(N)cccc21. The monoisotopic (exact) mass is 223 g/mol. The van der Waals surface area contributed by atoms with Crippen molar-refractivity contribution in [3.8, 4) is 0 Å². The predicted molar refractivity (Wildman–Crippen MR) is 74.7 cm³/mol. The summed E-state index contributed by atoms with van der Waals surface area (Å²) in [5.41, 5.74) is 15.5. The minimum absolute atomic E-state index is 0.740. The highest BCUT2D eigenvalue weighted by atomic mass is 15.0. The lowest BCUT2D eigenvalue weighted by atomic mass is 10.1. The first-order valence-electron chi connectivity index (χ1n) is 5.42. The fraction of sp³-hybridized carbons (Fsp3) is 0. The number of nitrogen functional groups attached to an aromatic ring is 2. The summed E-state index contributed by atoms with van der Waals surface area (Å²) in [6.07, 6.45) is 1.79. The third-order valence-electron chi connectivity index (χ3n) is 3.07. The van der Waals surface area contributed by atoms with E-state index in [9.17, 15) is 0 Å². The Morgan fingerprint density at radius 1 is 1.06 bits per heavy atom. The average molecular weight is 223 g/mol. The summed E-state index contributed by atoms with van der Waals surface area (Å²) in [6, 6.07) is 11.7. The molecule has 0 saturated carbocycles. The molecule has 3 rings (SSSR count). The van der Waals surface area contributed by atoms with E-state index in [1.54, 1.807) is 6.20 Å². The number of aromatic nitrogens is 1. The summed E-state index contributed by atoms with van der Waals surface area (Å²) in [5.74, 6) is 0. The van der Waals surface area contributed by atoms with Crippen LogP contribution in [0, 0.1) is 0 Å². The standard InChI is InChI=1S/C14H13N3/c1-2-17-12-7-6-9(15)8-10(12)14-11(16)4-3-5-13(14)17/h2-8H,1,15-16H2. The zero-order valence-corrected chi connectivity index (χ0v) is 9.35. The largest absolute Gasteiger partial charge is 0.399 e. The Hall–Kier alpha value is -2.42. The van der Waals surface area contributed by atoms with Crippen LogP contribution in [0.2, 0.25) is 0 Å². The molecule has 0 bridgehead atoms. The lowest BCUT2D eigenvalue weighted by molar-refractivity contribution is 1.30. The second-order valence-electron chi connectivity index (χ2n) is 4.07. The van der Waals surface area contributed by atoms with Crippen molar-refractivity contribution >= 4 is 39.4 Å². The van der Waals surface area contributed by atoms with Crippen LogP contribution in [0.1, 0.15) is 0 Å². The van der Waals surface area contributed by atoms with E-state index in [1.165, 1.54) is 0 Å². The van der Waals surface area contributed by atoms with Crippen molar-refractivity contribution < 1.29 is 0 Å². The molecule has 0 aliphatic carbocycles. The number of hydrogen-bond acceptors (Lipinski definition) is 2. The first kappa shape index (κ1) is 9.78. The Morgan fingerprint density at radius 2 is 1.88 bits per heavy atom. The number of hydrogen-bond donors (Lipinski definition) is 2. The van der Waals surface area contributed by atoms with Crippen LogP contribution in [0.25, 0.3) is 28.0 Å². The average Bonchev–Trinajstić information content (AvgIpc) is 2.63. The van der Waals surface area contributed by atoms with Gasteiger partial charge in [-0.05, 0) is 30.3 Å². The molecule has 3 nitrogen and oxygen atoms in total. The zero-order chi connectivity index (χ0) is 12.0. The van der Waals surface area contributed by atoms with E-state index in [1.807, 2.05) is 41.0 Å². The summed E-state index contributed by atoms with van der Waals surface area (Å²) in [6.45, 7) is 3.85. The van der Waals surface area contributed by atoms with Crippen molar-refractivity contribution in [2.24, 2.45) is 0 Å². The molecule has 1 heterocycles. The number of anilines is 2. The molecule has 0 spiro atoms. The molecule has 0 amide bonds. The van der Waals surface area contributed by atoms with Crippen molar-refractivity contribution in [3.05, 3.63) is 43.0 Å². The minimum atomic E-state index is 0.740. The van der Waals surface area contributed by atoms with Gasteiger partial charge in [-0.2, -0.15) is 0 Å². The van der Waals surface area contributed by atoms with Gasteiger partial charge in [-0.3, -0.25) is 0 Å². The molecular weight excluding hydrogens is 210 g/mol. The van der Waals surface area contributed by atoms with E-state index in [4.69, 9.17) is 11.5 Å². The molecule has 4 N–H and O–H groups in total. The number of nitrogens with two attached hydrogens (primary N) is 2. The van der Waals surface area contributed by atoms with Crippen LogP contribution in [0.4, 0.5) is 11.4 Å². The Kier molecular flexibility index (Phi) is 1.89. The Bertz CT molecular complexity index is 738. The van der Waals surface area contributed by atoms with Crippen molar-refractivity contribution in [2.45, 2.75) is 0 Å². The van der Waals surface area contributed by atoms with Crippen molar-refractivity contribution in [1.29, 1.82) is 0 Å². The Balaban J connectivity index is 2.67. The topological polar surface area (TPSA) is 57.0 Å². The van der Waals surface area contributed by atoms with Gasteiger partial charge in [0.15, 0.2) is 0 Å². The quantitative estimate of drug-likeness (QED) is 0.623. The lowest BCUT2D eigenvalue weighted by Gasteiger charge is -1.99. The molecule has 0 fully saturated rings. The summed E-state index contributed by atoms with van der Waals surface area (Å²) in [7, 11) is 0. The minimum Gasteiger partial charge on any atom is -0.399 e. The third kappa shape index (κ3) is 1.22. The highest BCUT2D eigenvalue weighted by Gasteiger charge is 2.10. The van der Waals surface area contributed by atoms with Gasteiger partial charge >= 0.3 is 0 Å². The maximum atomic E-state index is 6.05. The van der Waals surface area contributed by atoms with Gasteiger partial charge < -0.3 is 16.0 Å². The number of fused-ring (bicyclic) bond motifs is 3. The molecule has 0 aliphatic heterocycles. The summed E-state index contributed by atoms with van der Waals surface area (Å²) in [5, 5.41) is 2.10. The predicted octanol–water partition coefficient (Wildman–Crippen LogP) is 3.06. The van der Waals surface area contributed by atoms with Gasteiger partial charge in [-0.1, -0.05) is 12.6 Å². The Morgan fingerprint density at radius 3 is 2.65 bits per heavy atom. The number of nitrogens with zero attached hydrogens (tertiary/aromatic N) is 1. The van der Waals surface area contributed by atoms with E-state index in [0.717, 1.165) is 33.2 Å². The summed E-state index contributed by atoms with van der Waals surface area (Å²) < 4.78 is 2.03. The fourth-order valence-electron chi connectivity index (χ4n) is 2.34. The lowest BCUT2D eigenvalue weighted by Crippen LogP contribution is -1.86. The molecule has 2 aromatic carbocycles. The van der Waals surface area contributed by atoms with Crippen molar-refractivity contribution in [3.63, 3.8) is 0 Å². The Labute approximate surface area is 98.9 Å². The second kappa shape index (κ2) is 3.28. The third-order valence-corrected chi connectivity index (χ3v) is 3.07. The molecule has 3 aromatic rings. The molecule has 0 saturated heterocycles. The van der Waals surface area contributed by atoms with E-state index >= 15 is 0 Å². The van der Waals surface area contributed by atoms with Crippen LogP contribution in [-0.2, 0) is 0 Å². The second-order valence-corrected chi connectivity index (χ2v) is 4.07. The first-order valence-corrected chi connectivity index (χ1v) is 5.42. The smallest absolute Gasteiger partial charge is 0.0555 e. The highest BCUT2D eigenvalue weighted by molar-refractivity contribution is 6.15. The molecule has 3 heteroatoms. The summed E-state index contributed by atoms with van der Waals surface area (Å²) in [4.78, 5) is 0. The van der Waals surface area contributed by atoms with E-state index in [2.05, 4.69) is 6.58 Å². The van der Waals surface area contributed by atoms with Crippen LogP contribution in [0.15, 0.2) is 43.0 Å². The van der Waals surface area contributed by atoms with Gasteiger partial charge in [0, 0.05) is 28.3 Å². The first-order chi connectivity index (χ1) is 8.22. The normalized spacial score (nSPS) is 11.1. The molecule has 0 aliphatic rings. The van der Waals surface area contributed by atoms with Gasteiger partial charge in [0.25, 0.3) is 0 Å². The maximum Gasteiger partial charge on any atom is 0.0555 e. The molecule has 0 atom stereocenters. The van der Waals surface area contributed by atoms with Crippen LogP contribution >= 0.6 is 0 Å². The van der Waals surface area contributed by atoms with Crippen molar-refractivity contribution in [2.75, 3.05) is 11.5 Å². The maximum absolute atomic E-state index is 6.05. The van der Waals surface area contributed by atoms with Crippen LogP contribution in [0.5, 0.6) is 0 Å². The summed E-state index contributed by atoms with van der Waals surface area (Å²) >= 11 is 0. The molecule has 17 heavy (non-hydrogen) atoms. The molecule has 84 valence electrons. The van der Waals surface area contributed by atoms with Crippen molar-refractivity contribution in [1.82, 2.24) is 4.57 Å². The van der Waals surface area contributed by atoms with Gasteiger partial charge in [-0.25, -0.2) is 0 Å². The van der Waals surface area contributed by atoms with Gasteiger partial charge in [0.1, 0.15) is 0 Å². The van der Waals surface area contributed by atoms with Gasteiger partial charge in [0.05, 0.1) is 11.0 Å². The van der Waals surface area contributed by atoms with Crippen LogP contribution in [-0.4, -0.2) is 4.57 Å². The van der Waals surface area contributed by atoms with Gasteiger partial charge in [0.2, 0.25) is 0 Å². The molecule has 0 unspecified atom stereocenters. The van der Waals surface area contributed by atoms with Crippen LogP contribution < -0.4 is 11.5 Å². The van der Waals surface area contributed by atoms with E-state index < -0.39 is 0 Å². The van der Waals surface area contributed by atoms with Crippen LogP contribution in [0.3, 0.4) is 0 Å². The fourth-order valence-corrected chi connectivity index (χ4v) is 2.34. The van der Waals surface area contributed by atoms with Gasteiger partial charge in [-0.15, -0.1) is 0 Å². The molecular formula is C14H13N3. The number of rotatable bonds is 1. The van der Waals surface area contributed by atoms with E-state index in [-0.39, 0.29) is 0 Å². The van der Waals surface area contributed by atoms with E-state index in [0.29, 0.717) is 0 Å².